The first-order chi connectivity index (χ1) is 17.5. The summed E-state index contributed by atoms with van der Waals surface area (Å²) >= 11 is 17.3. The molecule has 8 heteroatoms. The van der Waals surface area contributed by atoms with Gasteiger partial charge in [0.1, 0.15) is 6.04 Å². The number of hydrogen-bond donors (Lipinski definition) is 1. The summed E-state index contributed by atoms with van der Waals surface area (Å²) in [7, 11) is 0. The van der Waals surface area contributed by atoms with Crippen molar-refractivity contribution in [3.63, 3.8) is 0 Å². The topological polar surface area (TPSA) is 49.4 Å². The van der Waals surface area contributed by atoms with Gasteiger partial charge >= 0.3 is 0 Å². The number of halogens is 3. The molecule has 0 saturated carbocycles. The number of hydrogen-bond acceptors (Lipinski definition) is 3. The van der Waals surface area contributed by atoms with Gasteiger partial charge in [-0.15, -0.1) is 11.8 Å². The molecule has 0 aliphatic carbocycles. The Labute approximate surface area is 242 Å². The molecule has 3 rings (SSSR count). The first-order valence-electron chi connectivity index (χ1n) is 11.9. The van der Waals surface area contributed by atoms with Crippen LogP contribution in [0, 0.1) is 0 Å². The Morgan fingerprint density at radius 1 is 0.973 bits per heavy atom. The summed E-state index contributed by atoms with van der Waals surface area (Å²) in [6, 6.07) is 22.3. The van der Waals surface area contributed by atoms with E-state index in [0.717, 1.165) is 21.2 Å². The van der Waals surface area contributed by atoms with E-state index in [4.69, 9.17) is 23.2 Å². The smallest absolute Gasteiger partial charge is 0.243 e. The fourth-order valence-corrected chi connectivity index (χ4v) is 5.50. The fourth-order valence-electron chi connectivity index (χ4n) is 3.76. The maximum absolute atomic E-state index is 13.7. The van der Waals surface area contributed by atoms with E-state index in [0.29, 0.717) is 28.8 Å². The van der Waals surface area contributed by atoms with Crippen LogP contribution in [0.2, 0.25) is 10.0 Å². The van der Waals surface area contributed by atoms with Crippen LogP contribution < -0.4 is 5.32 Å². The van der Waals surface area contributed by atoms with Gasteiger partial charge in [0.25, 0.3) is 0 Å². The first-order valence-corrected chi connectivity index (χ1v) is 14.6. The minimum Gasteiger partial charge on any atom is -0.350 e. The van der Waals surface area contributed by atoms with E-state index in [1.165, 1.54) is 11.8 Å². The molecule has 3 aromatic rings. The molecule has 0 spiro atoms. The molecule has 1 unspecified atom stereocenters. The highest BCUT2D eigenvalue weighted by Gasteiger charge is 2.32. The molecule has 1 N–H and O–H groups in total. The molecular formula is C29H31BrCl2N2O2S. The van der Waals surface area contributed by atoms with E-state index in [1.54, 1.807) is 17.0 Å². The quantitative estimate of drug-likeness (QED) is 0.254. The lowest BCUT2D eigenvalue weighted by Crippen LogP contribution is -2.54. The second-order valence-corrected chi connectivity index (χ2v) is 12.6. The van der Waals surface area contributed by atoms with Crippen molar-refractivity contribution in [2.45, 2.75) is 51.1 Å². The predicted octanol–water partition coefficient (Wildman–Crippen LogP) is 7.54. The zero-order chi connectivity index (χ0) is 27.0. The summed E-state index contributed by atoms with van der Waals surface area (Å²) in [4.78, 5) is 29.0. The second kappa shape index (κ2) is 13.7. The molecule has 0 saturated heterocycles. The molecule has 2 amide bonds. The average Bonchev–Trinajstić information content (AvgIpc) is 2.83. The second-order valence-electron chi connectivity index (χ2n) is 9.82. The minimum absolute atomic E-state index is 0.108. The van der Waals surface area contributed by atoms with E-state index in [1.807, 2.05) is 81.4 Å². The Bertz CT molecular complexity index is 1200. The van der Waals surface area contributed by atoms with Gasteiger partial charge in [0.15, 0.2) is 0 Å². The van der Waals surface area contributed by atoms with Gasteiger partial charge in [0.05, 0.1) is 5.75 Å². The van der Waals surface area contributed by atoms with E-state index in [2.05, 4.69) is 21.2 Å². The third-order valence-corrected chi connectivity index (χ3v) is 7.62. The monoisotopic (exact) mass is 620 g/mol. The van der Waals surface area contributed by atoms with Crippen LogP contribution in [-0.2, 0) is 28.3 Å². The molecule has 0 aliphatic rings. The highest BCUT2D eigenvalue weighted by Crippen LogP contribution is 2.26. The lowest BCUT2D eigenvalue weighted by molar-refractivity contribution is -0.140. The highest BCUT2D eigenvalue weighted by molar-refractivity contribution is 9.10. The lowest BCUT2D eigenvalue weighted by Gasteiger charge is -2.34. The van der Waals surface area contributed by atoms with Crippen LogP contribution in [0.4, 0.5) is 0 Å². The number of thioether (sulfide) groups is 1. The van der Waals surface area contributed by atoms with Crippen LogP contribution >= 0.6 is 50.9 Å². The van der Waals surface area contributed by atoms with Gasteiger partial charge in [0, 0.05) is 38.8 Å². The van der Waals surface area contributed by atoms with Crippen LogP contribution in [-0.4, -0.2) is 34.0 Å². The van der Waals surface area contributed by atoms with Crippen molar-refractivity contribution >= 4 is 62.7 Å². The van der Waals surface area contributed by atoms with Crippen LogP contribution in [0.25, 0.3) is 0 Å². The molecule has 0 radical (unpaired) electrons. The Morgan fingerprint density at radius 2 is 1.65 bits per heavy atom. The lowest BCUT2D eigenvalue weighted by atomic mass is 10.0. The summed E-state index contributed by atoms with van der Waals surface area (Å²) < 4.78 is 0.954. The molecule has 0 heterocycles. The van der Waals surface area contributed by atoms with Crippen LogP contribution in [0.15, 0.2) is 77.3 Å². The normalized spacial score (nSPS) is 12.2. The predicted molar refractivity (Wildman–Crippen MR) is 159 cm³/mol. The number of benzene rings is 3. The Balaban J connectivity index is 1.87. The van der Waals surface area contributed by atoms with Crippen molar-refractivity contribution in [1.82, 2.24) is 10.2 Å². The molecule has 1 atom stereocenters. The summed E-state index contributed by atoms with van der Waals surface area (Å²) in [5.74, 6) is 0.491. The van der Waals surface area contributed by atoms with Gasteiger partial charge in [-0.25, -0.2) is 0 Å². The third-order valence-electron chi connectivity index (χ3n) is 5.53. The molecule has 4 nitrogen and oxygen atoms in total. The summed E-state index contributed by atoms with van der Waals surface area (Å²) in [6.45, 7) is 6.15. The molecule has 0 aliphatic heterocycles. The van der Waals surface area contributed by atoms with Crippen LogP contribution in [0.5, 0.6) is 0 Å². The van der Waals surface area contributed by atoms with Crippen molar-refractivity contribution in [2.24, 2.45) is 0 Å². The first kappa shape index (κ1) is 29.6. The SMILES string of the molecule is CC(C)(C)NC(=O)C(Cc1ccccc1)N(Cc1ccc(Br)cc1)C(=O)CSCc1ccc(Cl)cc1Cl. The molecule has 196 valence electrons. The zero-order valence-electron chi connectivity index (χ0n) is 21.1. The zero-order valence-corrected chi connectivity index (χ0v) is 25.1. The summed E-state index contributed by atoms with van der Waals surface area (Å²) in [6.07, 6.45) is 0.415. The third kappa shape index (κ3) is 9.68. The Kier molecular flexibility index (Phi) is 10.9. The van der Waals surface area contributed by atoms with Crippen LogP contribution in [0.1, 0.15) is 37.5 Å². The van der Waals surface area contributed by atoms with Gasteiger partial charge in [-0.3, -0.25) is 9.59 Å². The summed E-state index contributed by atoms with van der Waals surface area (Å²) in [5.41, 5.74) is 2.42. The Hall–Kier alpha value is -1.99. The van der Waals surface area contributed by atoms with Gasteiger partial charge in [-0.2, -0.15) is 0 Å². The Morgan fingerprint density at radius 3 is 2.27 bits per heavy atom. The average molecular weight is 622 g/mol. The molecule has 3 aromatic carbocycles. The molecule has 37 heavy (non-hydrogen) atoms. The van der Waals surface area contributed by atoms with Gasteiger partial charge in [-0.05, 0) is 61.7 Å². The van der Waals surface area contributed by atoms with Crippen molar-refractivity contribution < 1.29 is 9.59 Å². The fraction of sp³-hybridized carbons (Fsp3) is 0.310. The van der Waals surface area contributed by atoms with Crippen molar-refractivity contribution in [2.75, 3.05) is 5.75 Å². The standard InChI is InChI=1S/C29H31BrCl2N2O2S/c1-29(2,3)33-28(36)26(15-20-7-5-4-6-8-20)34(17-21-9-12-23(30)13-10-21)27(35)19-37-18-22-11-14-24(31)16-25(22)32/h4-14,16,26H,15,17-19H2,1-3H3,(H,33,36). The van der Waals surface area contributed by atoms with E-state index < -0.39 is 11.6 Å². The number of carbonyl (C=O) groups excluding carboxylic acids is 2. The molecule has 0 aromatic heterocycles. The molecule has 0 bridgehead atoms. The maximum atomic E-state index is 13.7. The largest absolute Gasteiger partial charge is 0.350 e. The van der Waals surface area contributed by atoms with E-state index in [-0.39, 0.29) is 17.6 Å². The number of nitrogens with one attached hydrogen (secondary N) is 1. The molecule has 0 fully saturated rings. The van der Waals surface area contributed by atoms with Crippen molar-refractivity contribution in [1.29, 1.82) is 0 Å². The van der Waals surface area contributed by atoms with Gasteiger partial charge in [0.2, 0.25) is 11.8 Å². The number of rotatable bonds is 10. The number of nitrogens with zero attached hydrogens (tertiary/aromatic N) is 1. The maximum Gasteiger partial charge on any atom is 0.243 e. The van der Waals surface area contributed by atoms with Gasteiger partial charge in [-0.1, -0.05) is 87.7 Å². The summed E-state index contributed by atoms with van der Waals surface area (Å²) in [5, 5.41) is 4.24. The van der Waals surface area contributed by atoms with Crippen LogP contribution in [0.3, 0.4) is 0 Å². The minimum atomic E-state index is -0.669. The highest BCUT2D eigenvalue weighted by atomic mass is 79.9. The van der Waals surface area contributed by atoms with Crippen molar-refractivity contribution in [3.8, 4) is 0 Å². The number of carbonyl (C=O) groups is 2. The van der Waals surface area contributed by atoms with Crippen molar-refractivity contribution in [3.05, 3.63) is 104 Å². The van der Waals surface area contributed by atoms with Gasteiger partial charge < -0.3 is 10.2 Å². The number of amides is 2. The van der Waals surface area contributed by atoms with E-state index in [9.17, 15) is 9.59 Å². The molecular weight excluding hydrogens is 591 g/mol. The van der Waals surface area contributed by atoms with E-state index >= 15 is 0 Å².